The van der Waals surface area contributed by atoms with Crippen molar-refractivity contribution in [2.75, 3.05) is 52.5 Å². The fourth-order valence-electron chi connectivity index (χ4n) is 2.31. The number of halogens is 3. The van der Waals surface area contributed by atoms with Crippen molar-refractivity contribution < 1.29 is 18.1 Å². The van der Waals surface area contributed by atoms with Gasteiger partial charge < -0.3 is 10.2 Å². The molecule has 9 heteroatoms. The minimum atomic E-state index is -4.14. The van der Waals surface area contributed by atoms with E-state index in [1.807, 2.05) is 4.90 Å². The molecule has 1 aliphatic rings. The van der Waals surface area contributed by atoms with Gasteiger partial charge in [0.25, 0.3) is 6.67 Å². The van der Waals surface area contributed by atoms with Gasteiger partial charge in [-0.1, -0.05) is 6.42 Å². The Morgan fingerprint density at radius 3 is 2.24 bits per heavy atom. The molecule has 1 rings (SSSR count). The van der Waals surface area contributed by atoms with Crippen LogP contribution >= 0.6 is 0 Å². The Balaban J connectivity index is 1.94. The molecule has 0 aliphatic carbocycles. The van der Waals surface area contributed by atoms with Gasteiger partial charge in [-0.2, -0.15) is 13.2 Å². The van der Waals surface area contributed by atoms with E-state index in [-0.39, 0.29) is 11.6 Å². The summed E-state index contributed by atoms with van der Waals surface area (Å²) in [5.41, 5.74) is 0. The van der Waals surface area contributed by atoms with Crippen LogP contribution in [0, 0.1) is 10.1 Å². The number of rotatable bonds is 9. The third kappa shape index (κ3) is 9.59. The molecule has 0 amide bonds. The third-order valence-electron chi connectivity index (χ3n) is 3.43. The molecule has 1 fully saturated rings. The lowest BCUT2D eigenvalue weighted by molar-refractivity contribution is -0.504. The van der Waals surface area contributed by atoms with Crippen LogP contribution in [-0.2, 0) is 0 Å². The summed E-state index contributed by atoms with van der Waals surface area (Å²) < 4.78 is 35.6. The number of nitrogens with zero attached hydrogens (tertiary/aromatic N) is 3. The first-order chi connectivity index (χ1) is 9.87. The summed E-state index contributed by atoms with van der Waals surface area (Å²) >= 11 is 0. The Bertz CT molecular complexity index is 307. The first kappa shape index (κ1) is 18.1. The van der Waals surface area contributed by atoms with E-state index < -0.39 is 12.7 Å². The highest BCUT2D eigenvalue weighted by Gasteiger charge is 2.25. The Morgan fingerprint density at radius 2 is 1.67 bits per heavy atom. The van der Waals surface area contributed by atoms with Crippen LogP contribution in [0.2, 0.25) is 0 Å². The van der Waals surface area contributed by atoms with E-state index in [1.165, 1.54) is 0 Å². The first-order valence-electron chi connectivity index (χ1n) is 7.21. The second kappa shape index (κ2) is 9.16. The molecule has 1 aliphatic heterocycles. The summed E-state index contributed by atoms with van der Waals surface area (Å²) in [7, 11) is 0. The van der Waals surface area contributed by atoms with Gasteiger partial charge in [-0.25, -0.2) is 4.90 Å². The number of alkyl halides is 3. The number of hydrogen-bond donors (Lipinski definition) is 1. The smallest absolute Gasteiger partial charge is 0.309 e. The maximum absolute atomic E-state index is 11.9. The Kier molecular flexibility index (Phi) is 7.91. The van der Waals surface area contributed by atoms with Gasteiger partial charge in [-0.15, -0.1) is 0 Å². The van der Waals surface area contributed by atoms with Crippen LogP contribution in [0.15, 0.2) is 0 Å². The summed E-state index contributed by atoms with van der Waals surface area (Å²) in [6, 6.07) is 0. The average molecular weight is 312 g/mol. The van der Waals surface area contributed by atoms with Crippen molar-refractivity contribution in [1.29, 1.82) is 0 Å². The maximum atomic E-state index is 11.9. The van der Waals surface area contributed by atoms with E-state index in [1.54, 1.807) is 0 Å². The van der Waals surface area contributed by atoms with Crippen molar-refractivity contribution in [1.82, 2.24) is 15.1 Å². The van der Waals surface area contributed by atoms with Crippen molar-refractivity contribution in [3.8, 4) is 0 Å². The summed E-state index contributed by atoms with van der Waals surface area (Å²) in [5, 5.41) is 12.8. The van der Waals surface area contributed by atoms with Crippen LogP contribution in [0.4, 0.5) is 13.2 Å². The van der Waals surface area contributed by atoms with Gasteiger partial charge in [0.15, 0.2) is 0 Å². The van der Waals surface area contributed by atoms with Gasteiger partial charge in [-0.3, -0.25) is 10.1 Å². The van der Waals surface area contributed by atoms with Gasteiger partial charge >= 0.3 is 6.18 Å². The average Bonchev–Trinajstić information content (AvgIpc) is 2.37. The van der Waals surface area contributed by atoms with E-state index in [0.29, 0.717) is 19.6 Å². The SMILES string of the molecule is O=[N+]([O-])CN1CCN(CCCCCNCC(F)(F)F)CC1. The van der Waals surface area contributed by atoms with Crippen molar-refractivity contribution in [2.24, 2.45) is 0 Å². The van der Waals surface area contributed by atoms with E-state index in [9.17, 15) is 23.3 Å². The topological polar surface area (TPSA) is 61.7 Å². The highest BCUT2D eigenvalue weighted by molar-refractivity contribution is 4.70. The molecule has 0 atom stereocenters. The van der Waals surface area contributed by atoms with E-state index in [2.05, 4.69) is 10.2 Å². The lowest BCUT2D eigenvalue weighted by Gasteiger charge is -2.32. The molecule has 0 unspecified atom stereocenters. The highest BCUT2D eigenvalue weighted by atomic mass is 19.4. The summed E-state index contributed by atoms with van der Waals surface area (Å²) in [5.74, 6) is 0. The zero-order valence-corrected chi connectivity index (χ0v) is 12.1. The number of hydrogen-bond acceptors (Lipinski definition) is 5. The predicted octanol–water partition coefficient (Wildman–Crippen LogP) is 1.16. The van der Waals surface area contributed by atoms with Crippen molar-refractivity contribution in [3.63, 3.8) is 0 Å². The maximum Gasteiger partial charge on any atom is 0.401 e. The number of nitrogens with one attached hydrogen (secondary N) is 1. The Morgan fingerprint density at radius 1 is 1.05 bits per heavy atom. The zero-order chi connectivity index (χ0) is 15.7. The highest BCUT2D eigenvalue weighted by Crippen LogP contribution is 2.12. The molecule has 1 saturated heterocycles. The second-order valence-electron chi connectivity index (χ2n) is 5.29. The van der Waals surface area contributed by atoms with Gasteiger partial charge in [0.05, 0.1) is 6.54 Å². The van der Waals surface area contributed by atoms with Gasteiger partial charge in [0.1, 0.15) is 0 Å². The van der Waals surface area contributed by atoms with Gasteiger partial charge in [0, 0.05) is 31.1 Å². The number of piperazine rings is 1. The van der Waals surface area contributed by atoms with Crippen molar-refractivity contribution >= 4 is 0 Å². The van der Waals surface area contributed by atoms with Crippen LogP contribution in [-0.4, -0.2) is 73.4 Å². The molecule has 0 bridgehead atoms. The molecule has 1 heterocycles. The van der Waals surface area contributed by atoms with Crippen LogP contribution < -0.4 is 5.32 Å². The molecular formula is C12H23F3N4O2. The van der Waals surface area contributed by atoms with Crippen LogP contribution in [0.25, 0.3) is 0 Å². The Labute approximate surface area is 122 Å². The normalized spacial score (nSPS) is 18.0. The third-order valence-corrected chi connectivity index (χ3v) is 3.43. The van der Waals surface area contributed by atoms with Gasteiger partial charge in [0.2, 0.25) is 0 Å². The molecule has 0 aromatic rings. The van der Waals surface area contributed by atoms with Crippen LogP contribution in [0.1, 0.15) is 19.3 Å². The minimum Gasteiger partial charge on any atom is -0.309 e. The van der Waals surface area contributed by atoms with E-state index in [4.69, 9.17) is 0 Å². The summed E-state index contributed by atoms with van der Waals surface area (Å²) in [6.07, 6.45) is -1.57. The molecular weight excluding hydrogens is 289 g/mol. The van der Waals surface area contributed by atoms with Gasteiger partial charge in [-0.05, 0) is 25.9 Å². The molecule has 21 heavy (non-hydrogen) atoms. The lowest BCUT2D eigenvalue weighted by atomic mass is 10.2. The fraction of sp³-hybridized carbons (Fsp3) is 1.00. The second-order valence-corrected chi connectivity index (χ2v) is 5.29. The molecule has 0 aromatic carbocycles. The van der Waals surface area contributed by atoms with Crippen LogP contribution in [0.3, 0.4) is 0 Å². The molecule has 6 nitrogen and oxygen atoms in total. The largest absolute Gasteiger partial charge is 0.401 e. The number of unbranched alkanes of at least 4 members (excludes halogenated alkanes) is 2. The Hall–Kier alpha value is -0.930. The number of nitro groups is 1. The summed E-state index contributed by atoms with van der Waals surface area (Å²) in [6.45, 7) is 3.31. The molecule has 0 radical (unpaired) electrons. The minimum absolute atomic E-state index is 0.0985. The van der Waals surface area contributed by atoms with Crippen LogP contribution in [0.5, 0.6) is 0 Å². The molecule has 0 spiro atoms. The standard InChI is InChI=1S/C12H23F3N4O2/c13-12(14,15)10-16-4-2-1-3-5-17-6-8-18(9-7-17)11-19(20)21/h16H,1-11H2. The molecule has 124 valence electrons. The van der Waals surface area contributed by atoms with Crippen molar-refractivity contribution in [3.05, 3.63) is 10.1 Å². The van der Waals surface area contributed by atoms with Crippen molar-refractivity contribution in [2.45, 2.75) is 25.4 Å². The molecule has 0 aromatic heterocycles. The first-order valence-corrected chi connectivity index (χ1v) is 7.21. The predicted molar refractivity (Wildman–Crippen MR) is 72.7 cm³/mol. The van der Waals surface area contributed by atoms with E-state index in [0.717, 1.165) is 38.9 Å². The molecule has 1 N–H and O–H groups in total. The quantitative estimate of drug-likeness (QED) is 0.393. The monoisotopic (exact) mass is 312 g/mol. The summed E-state index contributed by atoms with van der Waals surface area (Å²) in [4.78, 5) is 14.1. The molecule has 0 saturated carbocycles. The van der Waals surface area contributed by atoms with E-state index >= 15 is 0 Å². The fourth-order valence-corrected chi connectivity index (χ4v) is 2.31. The zero-order valence-electron chi connectivity index (χ0n) is 12.1. The lowest BCUT2D eigenvalue weighted by Crippen LogP contribution is -2.47.